The van der Waals surface area contributed by atoms with E-state index in [1.165, 1.54) is 11.8 Å². The zero-order valence-corrected chi connectivity index (χ0v) is 16.4. The summed E-state index contributed by atoms with van der Waals surface area (Å²) in [5.41, 5.74) is 1.74. The number of carbonyl (C=O) groups excluding carboxylic acids is 1. The molecule has 0 radical (unpaired) electrons. The molecule has 28 heavy (non-hydrogen) atoms. The highest BCUT2D eigenvalue weighted by Crippen LogP contribution is 2.19. The first-order valence-electron chi connectivity index (χ1n) is 9.37. The lowest BCUT2D eigenvalue weighted by Crippen LogP contribution is -2.55. The molecule has 1 N–H and O–H groups in total. The molecular formula is C22H22ClN3O2. The van der Waals surface area contributed by atoms with Gasteiger partial charge >= 0.3 is 0 Å². The average Bonchev–Trinajstić information content (AvgIpc) is 2.69. The number of rotatable bonds is 3. The number of likely N-dealkylation sites (N-methyl/N-ethyl adjacent to an activating group) is 1. The van der Waals surface area contributed by atoms with E-state index >= 15 is 0 Å². The smallest absolute Gasteiger partial charge is 0.259 e. The van der Waals surface area contributed by atoms with Crippen molar-refractivity contribution in [2.24, 2.45) is 0 Å². The summed E-state index contributed by atoms with van der Waals surface area (Å²) in [6.07, 6.45) is 2.28. The summed E-state index contributed by atoms with van der Waals surface area (Å²) < 4.78 is 0. The maximum absolute atomic E-state index is 13.3. The van der Waals surface area contributed by atoms with Gasteiger partial charge in [0.15, 0.2) is 0 Å². The molecule has 144 valence electrons. The van der Waals surface area contributed by atoms with Crippen LogP contribution in [0.5, 0.6) is 0 Å². The Labute approximate surface area is 168 Å². The molecule has 1 atom stereocenters. The van der Waals surface area contributed by atoms with Crippen LogP contribution in [0, 0.1) is 0 Å². The fraction of sp³-hybridized carbons (Fsp3) is 0.273. The zero-order chi connectivity index (χ0) is 19.7. The van der Waals surface area contributed by atoms with E-state index in [0.29, 0.717) is 22.5 Å². The van der Waals surface area contributed by atoms with E-state index in [0.717, 1.165) is 19.5 Å². The summed E-state index contributed by atoms with van der Waals surface area (Å²) in [6, 6.07) is 15.2. The van der Waals surface area contributed by atoms with E-state index in [-0.39, 0.29) is 22.9 Å². The molecule has 6 heteroatoms. The van der Waals surface area contributed by atoms with Crippen molar-refractivity contribution >= 4 is 28.4 Å². The highest BCUT2D eigenvalue weighted by Gasteiger charge is 2.31. The fourth-order valence-electron chi connectivity index (χ4n) is 3.84. The van der Waals surface area contributed by atoms with E-state index in [9.17, 15) is 9.59 Å². The molecule has 5 nitrogen and oxygen atoms in total. The van der Waals surface area contributed by atoms with Gasteiger partial charge in [-0.3, -0.25) is 9.59 Å². The topological polar surface area (TPSA) is 56.4 Å². The molecule has 1 aliphatic heterocycles. The van der Waals surface area contributed by atoms with Crippen molar-refractivity contribution in [3.8, 4) is 0 Å². The zero-order valence-electron chi connectivity index (χ0n) is 15.7. The second-order valence-electron chi connectivity index (χ2n) is 7.33. The number of nitrogens with one attached hydrogen (secondary N) is 1. The Morgan fingerprint density at radius 3 is 2.75 bits per heavy atom. The van der Waals surface area contributed by atoms with Crippen LogP contribution in [0.25, 0.3) is 10.9 Å². The molecular weight excluding hydrogens is 374 g/mol. The van der Waals surface area contributed by atoms with Crippen molar-refractivity contribution in [2.45, 2.75) is 12.5 Å². The average molecular weight is 396 g/mol. The van der Waals surface area contributed by atoms with Gasteiger partial charge in [-0.1, -0.05) is 41.9 Å². The third kappa shape index (κ3) is 3.68. The summed E-state index contributed by atoms with van der Waals surface area (Å²) in [5.74, 6) is -0.225. The molecule has 2 aromatic carbocycles. The van der Waals surface area contributed by atoms with Crippen molar-refractivity contribution < 1.29 is 4.79 Å². The third-order valence-corrected chi connectivity index (χ3v) is 5.57. The molecule has 0 bridgehead atoms. The molecule has 0 spiro atoms. The number of aromatic nitrogens is 1. The molecule has 1 aromatic heterocycles. The molecule has 1 saturated heterocycles. The monoisotopic (exact) mass is 395 g/mol. The number of fused-ring (bicyclic) bond motifs is 1. The second-order valence-corrected chi connectivity index (χ2v) is 7.76. The van der Waals surface area contributed by atoms with Crippen molar-refractivity contribution in [3.05, 3.63) is 81.1 Å². The SMILES string of the molecule is CN1CCN(C(=O)c2c[nH]c3ccc(Cl)cc3c2=O)C(Cc2ccccc2)C1. The number of benzene rings is 2. The van der Waals surface area contributed by atoms with Crippen molar-refractivity contribution in [1.82, 2.24) is 14.8 Å². The highest BCUT2D eigenvalue weighted by atomic mass is 35.5. The molecule has 1 amide bonds. The van der Waals surface area contributed by atoms with Gasteiger partial charge in [0.2, 0.25) is 5.43 Å². The minimum absolute atomic E-state index is 0.0168. The van der Waals surface area contributed by atoms with E-state index in [1.54, 1.807) is 18.2 Å². The third-order valence-electron chi connectivity index (χ3n) is 5.33. The van der Waals surface area contributed by atoms with Crippen LogP contribution in [-0.4, -0.2) is 53.4 Å². The summed E-state index contributed by atoms with van der Waals surface area (Å²) in [4.78, 5) is 33.4. The maximum Gasteiger partial charge on any atom is 0.259 e. The number of pyridine rings is 1. The molecule has 2 heterocycles. The summed E-state index contributed by atoms with van der Waals surface area (Å²) in [7, 11) is 2.06. The molecule has 1 unspecified atom stereocenters. The Balaban J connectivity index is 1.68. The number of aromatic amines is 1. The van der Waals surface area contributed by atoms with Gasteiger partial charge in [0.25, 0.3) is 5.91 Å². The van der Waals surface area contributed by atoms with Gasteiger partial charge in [0, 0.05) is 47.8 Å². The first-order chi connectivity index (χ1) is 13.5. The van der Waals surface area contributed by atoms with Gasteiger partial charge in [-0.15, -0.1) is 0 Å². The van der Waals surface area contributed by atoms with Crippen LogP contribution in [0.1, 0.15) is 15.9 Å². The van der Waals surface area contributed by atoms with Crippen LogP contribution < -0.4 is 5.43 Å². The predicted octanol–water partition coefficient (Wildman–Crippen LogP) is 3.18. The quantitative estimate of drug-likeness (QED) is 0.741. The maximum atomic E-state index is 13.3. The lowest BCUT2D eigenvalue weighted by molar-refractivity contribution is 0.0500. The van der Waals surface area contributed by atoms with Gasteiger partial charge in [-0.25, -0.2) is 0 Å². The largest absolute Gasteiger partial charge is 0.360 e. The molecule has 1 fully saturated rings. The van der Waals surface area contributed by atoms with Gasteiger partial charge < -0.3 is 14.8 Å². The summed E-state index contributed by atoms with van der Waals surface area (Å²) in [5, 5.41) is 0.913. The summed E-state index contributed by atoms with van der Waals surface area (Å²) in [6.45, 7) is 2.16. The van der Waals surface area contributed by atoms with E-state index in [4.69, 9.17) is 11.6 Å². The number of hydrogen-bond acceptors (Lipinski definition) is 3. The van der Waals surface area contributed by atoms with Crippen LogP contribution in [0.4, 0.5) is 0 Å². The lowest BCUT2D eigenvalue weighted by Gasteiger charge is -2.40. The highest BCUT2D eigenvalue weighted by molar-refractivity contribution is 6.31. The minimum atomic E-state index is -0.279. The van der Waals surface area contributed by atoms with E-state index in [2.05, 4.69) is 29.1 Å². The molecule has 3 aromatic rings. The molecule has 1 aliphatic rings. The van der Waals surface area contributed by atoms with Crippen LogP contribution in [-0.2, 0) is 6.42 Å². The van der Waals surface area contributed by atoms with Gasteiger partial charge in [0.05, 0.1) is 0 Å². The Hall–Kier alpha value is -2.63. The van der Waals surface area contributed by atoms with Crippen LogP contribution in [0.3, 0.4) is 0 Å². The molecule has 0 saturated carbocycles. The van der Waals surface area contributed by atoms with Crippen LogP contribution in [0.15, 0.2) is 59.5 Å². The fourth-order valence-corrected chi connectivity index (χ4v) is 4.02. The first kappa shape index (κ1) is 18.7. The number of halogens is 1. The number of H-pyrrole nitrogens is 1. The van der Waals surface area contributed by atoms with Crippen LogP contribution >= 0.6 is 11.6 Å². The van der Waals surface area contributed by atoms with Crippen molar-refractivity contribution in [2.75, 3.05) is 26.7 Å². The summed E-state index contributed by atoms with van der Waals surface area (Å²) >= 11 is 6.05. The predicted molar refractivity (Wildman–Crippen MR) is 112 cm³/mol. The second kappa shape index (κ2) is 7.78. The van der Waals surface area contributed by atoms with Crippen molar-refractivity contribution in [3.63, 3.8) is 0 Å². The number of nitrogens with zero attached hydrogens (tertiary/aromatic N) is 2. The molecule has 0 aliphatic carbocycles. The molecule has 4 rings (SSSR count). The first-order valence-corrected chi connectivity index (χ1v) is 9.75. The minimum Gasteiger partial charge on any atom is -0.360 e. The Kier molecular flexibility index (Phi) is 5.20. The van der Waals surface area contributed by atoms with Crippen LogP contribution in [0.2, 0.25) is 5.02 Å². The van der Waals surface area contributed by atoms with Gasteiger partial charge in [0.1, 0.15) is 5.56 Å². The van der Waals surface area contributed by atoms with Gasteiger partial charge in [-0.2, -0.15) is 0 Å². The van der Waals surface area contributed by atoms with E-state index < -0.39 is 0 Å². The number of carbonyl (C=O) groups is 1. The number of piperazine rings is 1. The number of amides is 1. The standard InChI is InChI=1S/C22H22ClN3O2/c1-25-9-10-26(17(14-25)11-15-5-3-2-4-6-15)22(28)19-13-24-20-8-7-16(23)12-18(20)21(19)27/h2-8,12-13,17H,9-11,14H2,1H3,(H,24,27). The van der Waals surface area contributed by atoms with E-state index in [1.807, 2.05) is 23.1 Å². The Morgan fingerprint density at radius 2 is 1.96 bits per heavy atom. The lowest BCUT2D eigenvalue weighted by atomic mass is 10.0. The normalized spacial score (nSPS) is 17.8. The Bertz CT molecular complexity index is 1060. The Morgan fingerprint density at radius 1 is 1.18 bits per heavy atom. The number of hydrogen-bond donors (Lipinski definition) is 1. The van der Waals surface area contributed by atoms with Crippen molar-refractivity contribution in [1.29, 1.82) is 0 Å². The van der Waals surface area contributed by atoms with Gasteiger partial charge in [-0.05, 0) is 37.2 Å².